The van der Waals surface area contributed by atoms with Crippen LogP contribution in [-0.2, 0) is 0 Å². The zero-order valence-electron chi connectivity index (χ0n) is 11.4. The van der Waals surface area contributed by atoms with E-state index in [1.54, 1.807) is 11.8 Å². The third-order valence-electron chi connectivity index (χ3n) is 3.25. The van der Waals surface area contributed by atoms with E-state index >= 15 is 0 Å². The largest absolute Gasteiger partial charge is 0.494 e. The zero-order valence-corrected chi connectivity index (χ0v) is 11.4. The molecule has 0 unspecified atom stereocenters. The van der Waals surface area contributed by atoms with Crippen LogP contribution in [0.15, 0.2) is 54.7 Å². The van der Waals surface area contributed by atoms with Crippen LogP contribution in [0.3, 0.4) is 0 Å². The summed E-state index contributed by atoms with van der Waals surface area (Å²) in [7, 11) is 1.65. The molecule has 1 aromatic heterocycles. The molecule has 100 valence electrons. The first-order valence-corrected chi connectivity index (χ1v) is 6.41. The molecule has 3 rings (SSSR count). The molecule has 0 aliphatic heterocycles. The molecule has 4 nitrogen and oxygen atoms in total. The molecule has 0 saturated carbocycles. The van der Waals surface area contributed by atoms with Gasteiger partial charge in [0.2, 0.25) is 0 Å². The van der Waals surface area contributed by atoms with Gasteiger partial charge in [-0.05, 0) is 24.6 Å². The summed E-state index contributed by atoms with van der Waals surface area (Å²) in [5.74, 6) is 0.772. The topological polar surface area (TPSA) is 39.9 Å². The van der Waals surface area contributed by atoms with Crippen LogP contribution in [0.4, 0.5) is 0 Å². The van der Waals surface area contributed by atoms with Gasteiger partial charge in [0.1, 0.15) is 17.1 Å². The lowest BCUT2D eigenvalue weighted by Crippen LogP contribution is -1.98. The Hall–Kier alpha value is -2.62. The molecule has 0 spiro atoms. The molecule has 0 atom stereocenters. The molecule has 3 aromatic rings. The number of aryl methyl sites for hydroxylation is 1. The van der Waals surface area contributed by atoms with Gasteiger partial charge in [-0.25, -0.2) is 4.68 Å². The number of rotatable bonds is 3. The lowest BCUT2D eigenvalue weighted by Gasteiger charge is -2.06. The van der Waals surface area contributed by atoms with Crippen molar-refractivity contribution in [2.75, 3.05) is 7.11 Å². The predicted molar refractivity (Wildman–Crippen MR) is 78.1 cm³/mol. The number of ether oxygens (including phenoxy) is 1. The summed E-state index contributed by atoms with van der Waals surface area (Å²) in [6.07, 6.45) is 1.92. The maximum Gasteiger partial charge on any atom is 0.144 e. The van der Waals surface area contributed by atoms with Crippen molar-refractivity contribution in [1.29, 1.82) is 0 Å². The molecule has 2 aromatic carbocycles. The van der Waals surface area contributed by atoms with Crippen LogP contribution in [0.1, 0.15) is 5.56 Å². The fourth-order valence-corrected chi connectivity index (χ4v) is 2.18. The molecule has 0 radical (unpaired) electrons. The minimum absolute atomic E-state index is 0.772. The molecular formula is C16H15N3O. The highest BCUT2D eigenvalue weighted by Crippen LogP contribution is 2.25. The highest BCUT2D eigenvalue weighted by Gasteiger charge is 2.10. The van der Waals surface area contributed by atoms with Gasteiger partial charge < -0.3 is 4.74 Å². The van der Waals surface area contributed by atoms with Crippen LogP contribution in [0.25, 0.3) is 16.9 Å². The minimum atomic E-state index is 0.772. The first-order chi connectivity index (χ1) is 9.79. The zero-order chi connectivity index (χ0) is 13.9. The van der Waals surface area contributed by atoms with Crippen LogP contribution in [-0.4, -0.2) is 22.1 Å². The van der Waals surface area contributed by atoms with E-state index < -0.39 is 0 Å². The summed E-state index contributed by atoms with van der Waals surface area (Å²) in [6, 6.07) is 15.9. The van der Waals surface area contributed by atoms with Gasteiger partial charge in [-0.15, -0.1) is 5.10 Å². The minimum Gasteiger partial charge on any atom is -0.494 e. The van der Waals surface area contributed by atoms with E-state index in [4.69, 9.17) is 4.74 Å². The van der Waals surface area contributed by atoms with Crippen molar-refractivity contribution in [3.63, 3.8) is 0 Å². The quantitative estimate of drug-likeness (QED) is 0.729. The monoisotopic (exact) mass is 265 g/mol. The fraction of sp³-hybridized carbons (Fsp3) is 0.125. The molecule has 1 heterocycles. The van der Waals surface area contributed by atoms with E-state index in [0.717, 1.165) is 22.7 Å². The lowest BCUT2D eigenvalue weighted by molar-refractivity contribution is 0.411. The Morgan fingerprint density at radius 2 is 1.75 bits per heavy atom. The van der Waals surface area contributed by atoms with Gasteiger partial charge in [-0.1, -0.05) is 41.6 Å². The summed E-state index contributed by atoms with van der Waals surface area (Å²) in [6.45, 7) is 2.07. The lowest BCUT2D eigenvalue weighted by atomic mass is 10.1. The summed E-state index contributed by atoms with van der Waals surface area (Å²) >= 11 is 0. The number of nitrogens with zero attached hydrogens (tertiary/aromatic N) is 3. The van der Waals surface area contributed by atoms with Crippen molar-refractivity contribution in [2.24, 2.45) is 0 Å². The highest BCUT2D eigenvalue weighted by atomic mass is 16.5. The molecule has 0 saturated heterocycles. The Balaban J connectivity index is 2.05. The summed E-state index contributed by atoms with van der Waals surface area (Å²) in [5.41, 5.74) is 4.00. The summed E-state index contributed by atoms with van der Waals surface area (Å²) in [4.78, 5) is 0. The number of para-hydroxylation sites is 2. The highest BCUT2D eigenvalue weighted by molar-refractivity contribution is 5.62. The van der Waals surface area contributed by atoms with Gasteiger partial charge in [0.15, 0.2) is 0 Å². The summed E-state index contributed by atoms with van der Waals surface area (Å²) < 4.78 is 7.09. The van der Waals surface area contributed by atoms with Crippen molar-refractivity contribution < 1.29 is 4.74 Å². The maximum absolute atomic E-state index is 5.35. The Labute approximate surface area is 117 Å². The average Bonchev–Trinajstić information content (AvgIpc) is 2.97. The van der Waals surface area contributed by atoms with Crippen molar-refractivity contribution in [1.82, 2.24) is 15.0 Å². The van der Waals surface area contributed by atoms with Gasteiger partial charge in [0.05, 0.1) is 13.3 Å². The van der Waals surface area contributed by atoms with Crippen LogP contribution in [0, 0.1) is 6.92 Å². The van der Waals surface area contributed by atoms with Crippen LogP contribution >= 0.6 is 0 Å². The van der Waals surface area contributed by atoms with E-state index in [0.29, 0.717) is 0 Å². The van der Waals surface area contributed by atoms with E-state index in [9.17, 15) is 0 Å². The van der Waals surface area contributed by atoms with Crippen molar-refractivity contribution in [3.8, 4) is 22.7 Å². The molecule has 0 aliphatic carbocycles. The van der Waals surface area contributed by atoms with Crippen LogP contribution < -0.4 is 4.74 Å². The van der Waals surface area contributed by atoms with Gasteiger partial charge in [-0.3, -0.25) is 0 Å². The molecule has 4 heteroatoms. The van der Waals surface area contributed by atoms with Gasteiger partial charge >= 0.3 is 0 Å². The average molecular weight is 265 g/mol. The SMILES string of the molecule is COc1ccccc1-n1cc(-c2ccccc2C)nn1. The van der Waals surface area contributed by atoms with E-state index in [1.165, 1.54) is 5.56 Å². The van der Waals surface area contributed by atoms with Gasteiger partial charge in [-0.2, -0.15) is 0 Å². The number of benzene rings is 2. The second-order valence-electron chi connectivity index (χ2n) is 4.54. The second kappa shape index (κ2) is 5.17. The predicted octanol–water partition coefficient (Wildman–Crippen LogP) is 3.25. The van der Waals surface area contributed by atoms with E-state index in [1.807, 2.05) is 48.7 Å². The molecule has 0 amide bonds. The first-order valence-electron chi connectivity index (χ1n) is 6.41. The second-order valence-corrected chi connectivity index (χ2v) is 4.54. The number of hydrogen-bond donors (Lipinski definition) is 0. The molecular weight excluding hydrogens is 250 g/mol. The Kier molecular flexibility index (Phi) is 3.21. The van der Waals surface area contributed by atoms with E-state index in [-0.39, 0.29) is 0 Å². The van der Waals surface area contributed by atoms with E-state index in [2.05, 4.69) is 23.3 Å². The van der Waals surface area contributed by atoms with Crippen LogP contribution in [0.5, 0.6) is 5.75 Å². The number of hydrogen-bond acceptors (Lipinski definition) is 3. The smallest absolute Gasteiger partial charge is 0.144 e. The molecule has 0 N–H and O–H groups in total. The third kappa shape index (κ3) is 2.16. The first kappa shape index (κ1) is 12.4. The molecule has 0 aliphatic rings. The standard InChI is InChI=1S/C16H15N3O/c1-12-7-3-4-8-13(12)14-11-19(18-17-14)15-9-5-6-10-16(15)20-2/h3-11H,1-2H3. The maximum atomic E-state index is 5.35. The van der Waals surface area contributed by atoms with Gasteiger partial charge in [0.25, 0.3) is 0 Å². The molecule has 0 fully saturated rings. The van der Waals surface area contributed by atoms with Gasteiger partial charge in [0, 0.05) is 5.56 Å². The fourth-order valence-electron chi connectivity index (χ4n) is 2.18. The normalized spacial score (nSPS) is 10.5. The molecule has 20 heavy (non-hydrogen) atoms. The number of aromatic nitrogens is 3. The van der Waals surface area contributed by atoms with Crippen molar-refractivity contribution >= 4 is 0 Å². The number of methoxy groups -OCH3 is 1. The molecule has 0 bridgehead atoms. The third-order valence-corrected chi connectivity index (χ3v) is 3.25. The Morgan fingerprint density at radius 3 is 2.55 bits per heavy atom. The van der Waals surface area contributed by atoms with Crippen molar-refractivity contribution in [2.45, 2.75) is 6.92 Å². The summed E-state index contributed by atoms with van der Waals surface area (Å²) in [5, 5.41) is 8.46. The van der Waals surface area contributed by atoms with Crippen molar-refractivity contribution in [3.05, 3.63) is 60.3 Å². The Bertz CT molecular complexity index is 734. The Morgan fingerprint density at radius 1 is 1.00 bits per heavy atom. The van der Waals surface area contributed by atoms with Crippen LogP contribution in [0.2, 0.25) is 0 Å².